The van der Waals surface area contributed by atoms with Gasteiger partial charge in [-0.05, 0) is 24.3 Å². The first kappa shape index (κ1) is 16.5. The van der Waals surface area contributed by atoms with E-state index >= 15 is 0 Å². The van der Waals surface area contributed by atoms with Gasteiger partial charge >= 0.3 is 5.97 Å². The Morgan fingerprint density at radius 2 is 1.84 bits per heavy atom. The number of methoxy groups -OCH3 is 1. The number of esters is 1. The number of para-hydroxylation sites is 2. The van der Waals surface area contributed by atoms with Gasteiger partial charge in [0.25, 0.3) is 0 Å². The molecule has 0 spiro atoms. The molecule has 3 aromatic rings. The average Bonchev–Trinajstić information content (AvgIpc) is 3.09. The summed E-state index contributed by atoms with van der Waals surface area (Å²) in [6.45, 7) is -0.380. The fourth-order valence-corrected chi connectivity index (χ4v) is 2.34. The summed E-state index contributed by atoms with van der Waals surface area (Å²) in [4.78, 5) is 23.9. The number of furan rings is 1. The molecule has 3 rings (SSSR count). The number of ether oxygens (including phenoxy) is 2. The van der Waals surface area contributed by atoms with Crippen LogP contribution >= 0.6 is 0 Å². The molecule has 2 aromatic carbocycles. The number of rotatable bonds is 6. The Morgan fingerprint density at radius 3 is 2.64 bits per heavy atom. The summed E-state index contributed by atoms with van der Waals surface area (Å²) in [5, 5.41) is 0.827. The maximum Gasteiger partial charge on any atom is 0.331 e. The third kappa shape index (κ3) is 3.95. The molecule has 0 atom stereocenters. The monoisotopic (exact) mass is 336 g/mol. The maximum atomic E-state index is 12.1. The molecule has 0 saturated heterocycles. The van der Waals surface area contributed by atoms with Crippen molar-refractivity contribution in [3.63, 3.8) is 0 Å². The predicted molar refractivity (Wildman–Crippen MR) is 93.5 cm³/mol. The number of carbonyl (C=O) groups excluding carboxylic acids is 2. The van der Waals surface area contributed by atoms with Crippen LogP contribution in [0, 0.1) is 0 Å². The van der Waals surface area contributed by atoms with Crippen LogP contribution in [-0.2, 0) is 9.53 Å². The lowest BCUT2D eigenvalue weighted by Gasteiger charge is -2.03. The van der Waals surface area contributed by atoms with Crippen molar-refractivity contribution < 1.29 is 23.5 Å². The molecular weight excluding hydrogens is 320 g/mol. The van der Waals surface area contributed by atoms with Crippen molar-refractivity contribution in [2.45, 2.75) is 0 Å². The standard InChI is InChI=1S/C20H16O5/c1-23-17-8-4-2-6-14(17)10-11-20(22)24-13-16(21)19-12-15-7-3-5-9-18(15)25-19/h2-12H,13H2,1H3/b11-10+. The van der Waals surface area contributed by atoms with E-state index in [0.717, 1.165) is 10.9 Å². The van der Waals surface area contributed by atoms with E-state index in [2.05, 4.69) is 0 Å². The molecule has 1 heterocycles. The van der Waals surface area contributed by atoms with Crippen molar-refractivity contribution in [2.24, 2.45) is 0 Å². The second-order valence-corrected chi connectivity index (χ2v) is 5.25. The van der Waals surface area contributed by atoms with E-state index in [9.17, 15) is 9.59 Å². The largest absolute Gasteiger partial charge is 0.496 e. The minimum atomic E-state index is -0.615. The molecule has 5 heteroatoms. The van der Waals surface area contributed by atoms with Crippen LogP contribution in [0.5, 0.6) is 5.75 Å². The van der Waals surface area contributed by atoms with Crippen LogP contribution < -0.4 is 4.74 Å². The highest BCUT2D eigenvalue weighted by Gasteiger charge is 2.13. The second kappa shape index (κ2) is 7.49. The molecule has 0 radical (unpaired) electrons. The van der Waals surface area contributed by atoms with Crippen LogP contribution in [0.2, 0.25) is 0 Å². The van der Waals surface area contributed by atoms with Crippen LogP contribution in [0.15, 0.2) is 65.1 Å². The Hall–Kier alpha value is -3.34. The molecule has 0 N–H and O–H groups in total. The Morgan fingerprint density at radius 1 is 1.08 bits per heavy atom. The van der Waals surface area contributed by atoms with Gasteiger partial charge in [-0.1, -0.05) is 36.4 Å². The van der Waals surface area contributed by atoms with Crippen molar-refractivity contribution in [2.75, 3.05) is 13.7 Å². The van der Waals surface area contributed by atoms with Gasteiger partial charge < -0.3 is 13.9 Å². The van der Waals surface area contributed by atoms with Gasteiger partial charge in [0.05, 0.1) is 7.11 Å². The average molecular weight is 336 g/mol. The first-order valence-electron chi connectivity index (χ1n) is 7.67. The SMILES string of the molecule is COc1ccccc1/C=C/C(=O)OCC(=O)c1cc2ccccc2o1. The third-order valence-electron chi connectivity index (χ3n) is 3.58. The lowest BCUT2D eigenvalue weighted by atomic mass is 10.2. The van der Waals surface area contributed by atoms with E-state index in [0.29, 0.717) is 11.3 Å². The summed E-state index contributed by atoms with van der Waals surface area (Å²) < 4.78 is 15.6. The molecule has 0 aliphatic rings. The Labute approximate surface area is 144 Å². The number of Topliss-reactive ketones (excluding diaryl/α,β-unsaturated/α-hetero) is 1. The summed E-state index contributed by atoms with van der Waals surface area (Å²) >= 11 is 0. The topological polar surface area (TPSA) is 65.7 Å². The van der Waals surface area contributed by atoms with Gasteiger partial charge in [-0.25, -0.2) is 4.79 Å². The zero-order chi connectivity index (χ0) is 17.6. The van der Waals surface area contributed by atoms with Gasteiger partial charge in [0.15, 0.2) is 12.4 Å². The van der Waals surface area contributed by atoms with Crippen LogP contribution in [0.1, 0.15) is 16.1 Å². The maximum absolute atomic E-state index is 12.1. The predicted octanol–water partition coefficient (Wildman–Crippen LogP) is 3.88. The zero-order valence-corrected chi connectivity index (χ0v) is 13.6. The van der Waals surface area contributed by atoms with Crippen LogP contribution in [0.25, 0.3) is 17.0 Å². The number of ketones is 1. The lowest BCUT2D eigenvalue weighted by molar-refractivity contribution is -0.136. The van der Waals surface area contributed by atoms with E-state index in [4.69, 9.17) is 13.9 Å². The smallest absolute Gasteiger partial charge is 0.331 e. The van der Waals surface area contributed by atoms with Crippen molar-refractivity contribution in [3.05, 3.63) is 72.0 Å². The zero-order valence-electron chi connectivity index (χ0n) is 13.6. The number of hydrogen-bond acceptors (Lipinski definition) is 5. The molecule has 1 aromatic heterocycles. The molecule has 0 fully saturated rings. The highest BCUT2D eigenvalue weighted by Crippen LogP contribution is 2.20. The van der Waals surface area contributed by atoms with Crippen molar-refractivity contribution in [3.8, 4) is 5.75 Å². The first-order chi connectivity index (χ1) is 12.2. The molecule has 126 valence electrons. The Balaban J connectivity index is 1.60. The van der Waals surface area contributed by atoms with E-state index in [1.165, 1.54) is 6.08 Å². The number of fused-ring (bicyclic) bond motifs is 1. The molecule has 0 amide bonds. The fourth-order valence-electron chi connectivity index (χ4n) is 2.34. The molecule has 25 heavy (non-hydrogen) atoms. The van der Waals surface area contributed by atoms with E-state index < -0.39 is 11.8 Å². The molecular formula is C20H16O5. The van der Waals surface area contributed by atoms with Crippen LogP contribution in [0.4, 0.5) is 0 Å². The number of hydrogen-bond donors (Lipinski definition) is 0. The quantitative estimate of drug-likeness (QED) is 0.388. The Bertz CT molecular complexity index is 903. The van der Waals surface area contributed by atoms with Gasteiger partial charge in [-0.15, -0.1) is 0 Å². The highest BCUT2D eigenvalue weighted by atomic mass is 16.5. The molecule has 0 saturated carbocycles. The summed E-state index contributed by atoms with van der Waals surface area (Å²) in [6, 6.07) is 16.2. The van der Waals surface area contributed by atoms with Crippen LogP contribution in [-0.4, -0.2) is 25.5 Å². The fraction of sp³-hybridized carbons (Fsp3) is 0.100. The summed E-state index contributed by atoms with van der Waals surface area (Å²) in [6.07, 6.45) is 2.83. The van der Waals surface area contributed by atoms with Crippen molar-refractivity contribution in [1.82, 2.24) is 0 Å². The van der Waals surface area contributed by atoms with Gasteiger partial charge in [0, 0.05) is 17.0 Å². The third-order valence-corrected chi connectivity index (χ3v) is 3.58. The highest BCUT2D eigenvalue weighted by molar-refractivity contribution is 5.99. The molecule has 0 bridgehead atoms. The summed E-state index contributed by atoms with van der Waals surface area (Å²) in [7, 11) is 1.55. The number of carbonyl (C=O) groups is 2. The van der Waals surface area contributed by atoms with Crippen molar-refractivity contribution >= 4 is 28.8 Å². The van der Waals surface area contributed by atoms with Gasteiger partial charge in [0.2, 0.25) is 5.78 Å². The second-order valence-electron chi connectivity index (χ2n) is 5.25. The Kier molecular flexibility index (Phi) is 4.95. The summed E-state index contributed by atoms with van der Waals surface area (Å²) in [5.74, 6) is -0.196. The molecule has 5 nitrogen and oxygen atoms in total. The molecule has 0 aliphatic heterocycles. The first-order valence-corrected chi connectivity index (χ1v) is 7.67. The van der Waals surface area contributed by atoms with Crippen molar-refractivity contribution in [1.29, 1.82) is 0 Å². The molecule has 0 unspecified atom stereocenters. The van der Waals surface area contributed by atoms with Gasteiger partial charge in [-0.2, -0.15) is 0 Å². The normalized spacial score (nSPS) is 10.9. The molecule has 0 aliphatic carbocycles. The van der Waals surface area contributed by atoms with Gasteiger partial charge in [0.1, 0.15) is 11.3 Å². The van der Waals surface area contributed by atoms with Gasteiger partial charge in [-0.3, -0.25) is 4.79 Å². The summed E-state index contributed by atoms with van der Waals surface area (Å²) in [5.41, 5.74) is 1.36. The minimum Gasteiger partial charge on any atom is -0.496 e. The lowest BCUT2D eigenvalue weighted by Crippen LogP contribution is -2.11. The number of benzene rings is 2. The van der Waals surface area contributed by atoms with Crippen LogP contribution in [0.3, 0.4) is 0 Å². The minimum absolute atomic E-state index is 0.169. The van der Waals surface area contributed by atoms with E-state index in [-0.39, 0.29) is 12.4 Å². The van der Waals surface area contributed by atoms with E-state index in [1.807, 2.05) is 36.4 Å². The van der Waals surface area contributed by atoms with E-state index in [1.54, 1.807) is 31.4 Å².